The highest BCUT2D eigenvalue weighted by atomic mass is 35.5. The Morgan fingerprint density at radius 2 is 2.32 bits per heavy atom. The largest absolute Gasteiger partial charge is 0.379 e. The predicted octanol–water partition coefficient (Wildman–Crippen LogP) is 2.48. The number of anilines is 1. The fourth-order valence-electron chi connectivity index (χ4n) is 1.59. The molecule has 1 aromatic heterocycles. The van der Waals surface area contributed by atoms with Crippen LogP contribution in [0.15, 0.2) is 11.0 Å². The number of halogens is 1. The molecule has 0 saturated carbocycles. The van der Waals surface area contributed by atoms with Crippen LogP contribution in [0.4, 0.5) is 5.69 Å². The second kappa shape index (κ2) is 8.89. The van der Waals surface area contributed by atoms with Gasteiger partial charge in [-0.2, -0.15) is 16.9 Å². The van der Waals surface area contributed by atoms with Crippen LogP contribution < -0.4 is 10.9 Å². The Bertz CT molecular complexity index is 496. The van der Waals surface area contributed by atoms with E-state index in [1.54, 1.807) is 0 Å². The third kappa shape index (κ3) is 5.17. The summed E-state index contributed by atoms with van der Waals surface area (Å²) in [5, 5.41) is 7.30. The molecule has 4 nitrogen and oxygen atoms in total. The molecule has 1 N–H and O–H groups in total. The standard InChI is InChI=1S/C13H18ClN3OS/c1-3-8-17-13(18)12(11(14)10-16-17)15-7-5-4-6-9-19-2/h1,10,15H,4-9H2,2H3. The normalized spacial score (nSPS) is 10.2. The number of terminal acetylenes is 1. The van der Waals surface area contributed by atoms with Crippen LogP contribution in [0.2, 0.25) is 5.02 Å². The maximum absolute atomic E-state index is 12.0. The number of nitrogens with one attached hydrogen (secondary N) is 1. The maximum Gasteiger partial charge on any atom is 0.292 e. The van der Waals surface area contributed by atoms with Crippen molar-refractivity contribution in [3.63, 3.8) is 0 Å². The molecule has 0 amide bonds. The van der Waals surface area contributed by atoms with Crippen molar-refractivity contribution in [3.8, 4) is 12.3 Å². The molecule has 0 aromatic carbocycles. The second-order valence-electron chi connectivity index (χ2n) is 4.01. The minimum absolute atomic E-state index is 0.151. The van der Waals surface area contributed by atoms with Crippen LogP contribution in [0.3, 0.4) is 0 Å². The molecule has 1 heterocycles. The predicted molar refractivity (Wildman–Crippen MR) is 83.1 cm³/mol. The van der Waals surface area contributed by atoms with E-state index >= 15 is 0 Å². The second-order valence-corrected chi connectivity index (χ2v) is 5.41. The van der Waals surface area contributed by atoms with E-state index in [0.29, 0.717) is 10.7 Å². The minimum atomic E-state index is -0.269. The average Bonchev–Trinajstić information content (AvgIpc) is 2.40. The van der Waals surface area contributed by atoms with Crippen molar-refractivity contribution in [3.05, 3.63) is 21.6 Å². The number of unbranched alkanes of at least 4 members (excludes halogenated alkanes) is 2. The summed E-state index contributed by atoms with van der Waals surface area (Å²) in [5.41, 5.74) is 0.117. The van der Waals surface area contributed by atoms with Gasteiger partial charge in [-0.3, -0.25) is 4.79 Å². The number of rotatable bonds is 8. The first-order chi connectivity index (χ1) is 9.20. The fraction of sp³-hybridized carbons (Fsp3) is 0.538. The van der Waals surface area contributed by atoms with Crippen molar-refractivity contribution in [2.45, 2.75) is 25.8 Å². The zero-order chi connectivity index (χ0) is 14.1. The Hall–Kier alpha value is -1.12. The minimum Gasteiger partial charge on any atom is -0.379 e. The van der Waals surface area contributed by atoms with Gasteiger partial charge < -0.3 is 5.32 Å². The lowest BCUT2D eigenvalue weighted by atomic mass is 10.2. The van der Waals surface area contributed by atoms with Gasteiger partial charge in [0, 0.05) is 6.54 Å². The third-order valence-corrected chi connectivity index (χ3v) is 3.55. The van der Waals surface area contributed by atoms with Crippen LogP contribution in [0.5, 0.6) is 0 Å². The van der Waals surface area contributed by atoms with E-state index in [1.807, 2.05) is 11.8 Å². The first-order valence-corrected chi connectivity index (χ1v) is 7.89. The highest BCUT2D eigenvalue weighted by Crippen LogP contribution is 2.15. The van der Waals surface area contributed by atoms with E-state index in [4.69, 9.17) is 18.0 Å². The van der Waals surface area contributed by atoms with E-state index in [9.17, 15) is 4.79 Å². The van der Waals surface area contributed by atoms with E-state index in [-0.39, 0.29) is 12.1 Å². The molecule has 6 heteroatoms. The van der Waals surface area contributed by atoms with Gasteiger partial charge in [-0.15, -0.1) is 6.42 Å². The van der Waals surface area contributed by atoms with Gasteiger partial charge in [0.05, 0.1) is 11.2 Å². The number of hydrogen-bond acceptors (Lipinski definition) is 4. The summed E-state index contributed by atoms with van der Waals surface area (Å²) in [7, 11) is 0. The Morgan fingerprint density at radius 1 is 1.53 bits per heavy atom. The third-order valence-electron chi connectivity index (χ3n) is 2.57. The SMILES string of the molecule is C#CCn1ncc(Cl)c(NCCCCCSC)c1=O. The average molecular weight is 300 g/mol. The van der Waals surface area contributed by atoms with Crippen molar-refractivity contribution in [1.29, 1.82) is 0 Å². The van der Waals surface area contributed by atoms with Gasteiger partial charge >= 0.3 is 0 Å². The van der Waals surface area contributed by atoms with Crippen LogP contribution in [-0.4, -0.2) is 28.3 Å². The summed E-state index contributed by atoms with van der Waals surface area (Å²) >= 11 is 7.82. The molecule has 0 unspecified atom stereocenters. The lowest BCUT2D eigenvalue weighted by Gasteiger charge is -2.09. The number of hydrogen-bond donors (Lipinski definition) is 1. The molecule has 0 spiro atoms. The smallest absolute Gasteiger partial charge is 0.292 e. The maximum atomic E-state index is 12.0. The summed E-state index contributed by atoms with van der Waals surface area (Å²) in [6.07, 6.45) is 12.1. The van der Waals surface area contributed by atoms with E-state index < -0.39 is 0 Å². The van der Waals surface area contributed by atoms with Gasteiger partial charge in [0.1, 0.15) is 12.2 Å². The lowest BCUT2D eigenvalue weighted by molar-refractivity contribution is 0.662. The Kier molecular flexibility index (Phi) is 7.46. The highest BCUT2D eigenvalue weighted by Gasteiger charge is 2.08. The summed E-state index contributed by atoms with van der Waals surface area (Å²) in [6, 6.07) is 0. The first kappa shape index (κ1) is 15.9. The van der Waals surface area contributed by atoms with Gasteiger partial charge in [-0.25, -0.2) is 4.68 Å². The summed E-state index contributed by atoms with van der Waals surface area (Å²) < 4.78 is 1.22. The van der Waals surface area contributed by atoms with Crippen LogP contribution in [0.1, 0.15) is 19.3 Å². The number of thioether (sulfide) groups is 1. The number of nitrogens with zero attached hydrogens (tertiary/aromatic N) is 2. The van der Waals surface area contributed by atoms with E-state index in [0.717, 1.165) is 19.4 Å². The monoisotopic (exact) mass is 299 g/mol. The van der Waals surface area contributed by atoms with Crippen molar-refractivity contribution in [2.75, 3.05) is 23.9 Å². The Labute approximate surface area is 122 Å². The molecular weight excluding hydrogens is 282 g/mol. The van der Waals surface area contributed by atoms with Crippen LogP contribution in [-0.2, 0) is 6.54 Å². The topological polar surface area (TPSA) is 46.9 Å². The molecule has 0 radical (unpaired) electrons. The highest BCUT2D eigenvalue weighted by molar-refractivity contribution is 7.98. The zero-order valence-corrected chi connectivity index (χ0v) is 12.6. The molecule has 0 aliphatic rings. The van der Waals surface area contributed by atoms with E-state index in [2.05, 4.69) is 22.6 Å². The van der Waals surface area contributed by atoms with Gasteiger partial charge in [0.2, 0.25) is 0 Å². The van der Waals surface area contributed by atoms with Crippen molar-refractivity contribution in [1.82, 2.24) is 9.78 Å². The quantitative estimate of drug-likeness (QED) is 0.592. The molecule has 19 heavy (non-hydrogen) atoms. The van der Waals surface area contributed by atoms with Gasteiger partial charge in [0.15, 0.2) is 0 Å². The number of aromatic nitrogens is 2. The zero-order valence-electron chi connectivity index (χ0n) is 11.0. The van der Waals surface area contributed by atoms with E-state index in [1.165, 1.54) is 23.1 Å². The molecular formula is C13H18ClN3OS. The van der Waals surface area contributed by atoms with Crippen LogP contribution in [0.25, 0.3) is 0 Å². The molecule has 104 valence electrons. The Balaban J connectivity index is 2.55. The van der Waals surface area contributed by atoms with Crippen LogP contribution >= 0.6 is 23.4 Å². The van der Waals surface area contributed by atoms with Gasteiger partial charge in [0.25, 0.3) is 5.56 Å². The first-order valence-electron chi connectivity index (χ1n) is 6.12. The molecule has 0 aliphatic carbocycles. The summed E-state index contributed by atoms with van der Waals surface area (Å²) in [4.78, 5) is 12.0. The van der Waals surface area contributed by atoms with Crippen LogP contribution in [0, 0.1) is 12.3 Å². The molecule has 1 rings (SSSR count). The van der Waals surface area contributed by atoms with Crippen molar-refractivity contribution < 1.29 is 0 Å². The molecule has 0 fully saturated rings. The lowest BCUT2D eigenvalue weighted by Crippen LogP contribution is -2.26. The molecule has 0 bridgehead atoms. The summed E-state index contributed by atoms with van der Waals surface area (Å²) in [5.74, 6) is 3.56. The summed E-state index contributed by atoms with van der Waals surface area (Å²) in [6.45, 7) is 0.877. The van der Waals surface area contributed by atoms with Crippen molar-refractivity contribution >= 4 is 29.1 Å². The molecule has 1 aromatic rings. The molecule has 0 aliphatic heterocycles. The molecule has 0 atom stereocenters. The van der Waals surface area contributed by atoms with Gasteiger partial charge in [-0.1, -0.05) is 23.9 Å². The fourth-order valence-corrected chi connectivity index (χ4v) is 2.27. The Morgan fingerprint density at radius 3 is 3.00 bits per heavy atom. The van der Waals surface area contributed by atoms with Crippen molar-refractivity contribution in [2.24, 2.45) is 0 Å². The van der Waals surface area contributed by atoms with Gasteiger partial charge in [-0.05, 0) is 24.9 Å². The molecule has 0 saturated heterocycles.